The van der Waals surface area contributed by atoms with Crippen LogP contribution in [-0.4, -0.2) is 55.4 Å². The van der Waals surface area contributed by atoms with Crippen molar-refractivity contribution in [2.75, 3.05) is 44.5 Å². The molecular formula is C22H23N3O4S. The zero-order valence-corrected chi connectivity index (χ0v) is 17.6. The van der Waals surface area contributed by atoms with Crippen LogP contribution in [0.4, 0.5) is 5.13 Å². The number of piperazine rings is 1. The Hall–Kier alpha value is -3.00. The van der Waals surface area contributed by atoms with E-state index < -0.39 is 0 Å². The van der Waals surface area contributed by atoms with Gasteiger partial charge in [-0.15, -0.1) is 0 Å². The van der Waals surface area contributed by atoms with Crippen LogP contribution in [0.15, 0.2) is 36.4 Å². The summed E-state index contributed by atoms with van der Waals surface area (Å²) in [6, 6.07) is 11.7. The quantitative estimate of drug-likeness (QED) is 0.625. The van der Waals surface area contributed by atoms with Gasteiger partial charge in [-0.1, -0.05) is 23.5 Å². The van der Waals surface area contributed by atoms with E-state index >= 15 is 0 Å². The number of ether oxygens (including phenoxy) is 3. The Morgan fingerprint density at radius 2 is 1.97 bits per heavy atom. The molecule has 1 aromatic heterocycles. The van der Waals surface area contributed by atoms with E-state index in [2.05, 4.69) is 11.0 Å². The predicted molar refractivity (Wildman–Crippen MR) is 116 cm³/mol. The van der Waals surface area contributed by atoms with Gasteiger partial charge in [-0.25, -0.2) is 4.98 Å². The van der Waals surface area contributed by atoms with E-state index in [1.807, 2.05) is 42.2 Å². The van der Waals surface area contributed by atoms with Crippen LogP contribution >= 0.6 is 11.3 Å². The van der Waals surface area contributed by atoms with Crippen molar-refractivity contribution in [2.24, 2.45) is 0 Å². The number of hydrogen-bond donors (Lipinski definition) is 0. The molecule has 3 heterocycles. The Morgan fingerprint density at radius 1 is 1.13 bits per heavy atom. The van der Waals surface area contributed by atoms with Crippen LogP contribution in [0.1, 0.15) is 12.5 Å². The highest BCUT2D eigenvalue weighted by molar-refractivity contribution is 7.22. The Kier molecular flexibility index (Phi) is 5.08. The molecule has 0 aliphatic carbocycles. The molecule has 1 amide bonds. The average Bonchev–Trinajstić information content (AvgIpc) is 3.41. The van der Waals surface area contributed by atoms with Crippen molar-refractivity contribution in [3.8, 4) is 17.2 Å². The van der Waals surface area contributed by atoms with Crippen LogP contribution in [0.25, 0.3) is 10.2 Å². The maximum absolute atomic E-state index is 12.8. The molecule has 0 radical (unpaired) electrons. The van der Waals surface area contributed by atoms with E-state index in [1.54, 1.807) is 11.3 Å². The van der Waals surface area contributed by atoms with Crippen molar-refractivity contribution in [3.05, 3.63) is 42.0 Å². The van der Waals surface area contributed by atoms with Gasteiger partial charge in [-0.2, -0.15) is 0 Å². The van der Waals surface area contributed by atoms with Gasteiger partial charge < -0.3 is 24.0 Å². The van der Waals surface area contributed by atoms with Crippen LogP contribution in [0, 0.1) is 0 Å². The van der Waals surface area contributed by atoms with Crippen molar-refractivity contribution < 1.29 is 19.0 Å². The van der Waals surface area contributed by atoms with Gasteiger partial charge in [0.2, 0.25) is 12.7 Å². The van der Waals surface area contributed by atoms with E-state index in [0.29, 0.717) is 31.9 Å². The molecule has 3 aromatic rings. The molecule has 8 heteroatoms. The van der Waals surface area contributed by atoms with Gasteiger partial charge in [0.05, 0.1) is 17.7 Å². The number of fused-ring (bicyclic) bond motifs is 2. The molecule has 0 atom stereocenters. The lowest BCUT2D eigenvalue weighted by Crippen LogP contribution is -2.49. The standard InChI is InChI=1S/C22H23N3O4S/c1-2-27-17-4-3-5-19-21(17)23-22(30-19)25-10-8-24(9-11-25)20(26)13-15-6-7-16-18(12-15)29-14-28-16/h3-7,12H,2,8-11,13-14H2,1H3. The predicted octanol–water partition coefficient (Wildman–Crippen LogP) is 3.32. The SMILES string of the molecule is CCOc1cccc2sc(N3CCN(C(=O)Cc4ccc5c(c4)OCO5)CC3)nc12. The molecular weight excluding hydrogens is 402 g/mol. The fourth-order valence-corrected chi connectivity index (χ4v) is 4.84. The lowest BCUT2D eigenvalue weighted by molar-refractivity contribution is -0.130. The van der Waals surface area contributed by atoms with Crippen molar-refractivity contribution in [2.45, 2.75) is 13.3 Å². The molecule has 1 saturated heterocycles. The van der Waals surface area contributed by atoms with Crippen molar-refractivity contribution in [1.29, 1.82) is 0 Å². The summed E-state index contributed by atoms with van der Waals surface area (Å²) in [5.41, 5.74) is 1.86. The summed E-state index contributed by atoms with van der Waals surface area (Å²) in [6.07, 6.45) is 0.371. The first-order valence-corrected chi connectivity index (χ1v) is 11.0. The number of carbonyl (C=O) groups excluding carboxylic acids is 1. The van der Waals surface area contributed by atoms with Crippen molar-refractivity contribution >= 4 is 32.6 Å². The van der Waals surface area contributed by atoms with Gasteiger partial charge >= 0.3 is 0 Å². The summed E-state index contributed by atoms with van der Waals surface area (Å²) in [7, 11) is 0. The number of anilines is 1. The molecule has 30 heavy (non-hydrogen) atoms. The summed E-state index contributed by atoms with van der Waals surface area (Å²) >= 11 is 1.67. The van der Waals surface area contributed by atoms with Gasteiger partial charge in [-0.3, -0.25) is 4.79 Å². The third-order valence-corrected chi connectivity index (χ3v) is 6.45. The van der Waals surface area contributed by atoms with Gasteiger partial charge in [0, 0.05) is 26.2 Å². The van der Waals surface area contributed by atoms with Crippen LogP contribution in [-0.2, 0) is 11.2 Å². The van der Waals surface area contributed by atoms with Gasteiger partial charge in [0.25, 0.3) is 0 Å². The smallest absolute Gasteiger partial charge is 0.231 e. The van der Waals surface area contributed by atoms with Crippen LogP contribution in [0.5, 0.6) is 17.2 Å². The molecule has 2 aromatic carbocycles. The highest BCUT2D eigenvalue weighted by atomic mass is 32.1. The number of aromatic nitrogens is 1. The van der Waals surface area contributed by atoms with Crippen LogP contribution in [0.3, 0.4) is 0 Å². The van der Waals surface area contributed by atoms with E-state index in [0.717, 1.165) is 45.5 Å². The van der Waals surface area contributed by atoms with E-state index in [9.17, 15) is 4.79 Å². The number of amides is 1. The first-order valence-electron chi connectivity index (χ1n) is 10.1. The third-order valence-electron chi connectivity index (χ3n) is 5.37. The van der Waals surface area contributed by atoms with Gasteiger partial charge in [0.15, 0.2) is 16.6 Å². The van der Waals surface area contributed by atoms with Gasteiger partial charge in [0.1, 0.15) is 11.3 Å². The Labute approximate surface area is 178 Å². The first-order chi connectivity index (χ1) is 14.7. The molecule has 1 fully saturated rings. The van der Waals surface area contributed by atoms with E-state index in [4.69, 9.17) is 19.2 Å². The fraction of sp³-hybridized carbons (Fsp3) is 0.364. The minimum absolute atomic E-state index is 0.136. The number of carbonyl (C=O) groups is 1. The second kappa shape index (κ2) is 8.02. The molecule has 2 aliphatic heterocycles. The molecule has 0 saturated carbocycles. The molecule has 7 nitrogen and oxygen atoms in total. The number of benzene rings is 2. The molecule has 0 spiro atoms. The number of thiazole rings is 1. The zero-order valence-electron chi connectivity index (χ0n) is 16.8. The zero-order chi connectivity index (χ0) is 20.5. The number of rotatable bonds is 5. The summed E-state index contributed by atoms with van der Waals surface area (Å²) < 4.78 is 17.6. The maximum Gasteiger partial charge on any atom is 0.231 e. The summed E-state index contributed by atoms with van der Waals surface area (Å²) in [5, 5.41) is 0.986. The Balaban J connectivity index is 1.22. The highest BCUT2D eigenvalue weighted by Gasteiger charge is 2.24. The minimum Gasteiger partial charge on any atom is -0.492 e. The van der Waals surface area contributed by atoms with Crippen LogP contribution in [0.2, 0.25) is 0 Å². The third kappa shape index (κ3) is 3.63. The number of hydrogen-bond acceptors (Lipinski definition) is 7. The molecule has 156 valence electrons. The second-order valence-corrected chi connectivity index (χ2v) is 8.27. The highest BCUT2D eigenvalue weighted by Crippen LogP contribution is 2.35. The average molecular weight is 426 g/mol. The van der Waals surface area contributed by atoms with Crippen LogP contribution < -0.4 is 19.1 Å². The van der Waals surface area contributed by atoms with Crippen molar-refractivity contribution in [3.63, 3.8) is 0 Å². The monoisotopic (exact) mass is 425 g/mol. The largest absolute Gasteiger partial charge is 0.492 e. The lowest BCUT2D eigenvalue weighted by atomic mass is 10.1. The van der Waals surface area contributed by atoms with E-state index in [-0.39, 0.29) is 12.7 Å². The Bertz CT molecular complexity index is 1080. The molecule has 0 unspecified atom stereocenters. The first kappa shape index (κ1) is 19.0. The Morgan fingerprint density at radius 3 is 2.80 bits per heavy atom. The molecule has 0 bridgehead atoms. The molecule has 5 rings (SSSR count). The summed E-state index contributed by atoms with van der Waals surface area (Å²) in [4.78, 5) is 21.8. The minimum atomic E-state index is 0.136. The molecule has 2 aliphatic rings. The van der Waals surface area contributed by atoms with Gasteiger partial charge in [-0.05, 0) is 36.8 Å². The van der Waals surface area contributed by atoms with E-state index in [1.165, 1.54) is 0 Å². The summed E-state index contributed by atoms with van der Waals surface area (Å²) in [5.74, 6) is 2.42. The normalized spacial score (nSPS) is 15.6. The number of nitrogens with zero attached hydrogens (tertiary/aromatic N) is 3. The molecule has 0 N–H and O–H groups in total. The number of para-hydroxylation sites is 1. The summed E-state index contributed by atoms with van der Waals surface area (Å²) in [6.45, 7) is 5.77. The second-order valence-electron chi connectivity index (χ2n) is 7.26. The van der Waals surface area contributed by atoms with Crippen molar-refractivity contribution in [1.82, 2.24) is 9.88 Å². The topological polar surface area (TPSA) is 64.1 Å². The maximum atomic E-state index is 12.8. The fourth-order valence-electron chi connectivity index (χ4n) is 3.80. The lowest BCUT2D eigenvalue weighted by Gasteiger charge is -2.34.